The number of fused-ring (bicyclic) bond motifs is 1. The minimum absolute atomic E-state index is 0.213. The van der Waals surface area contributed by atoms with Gasteiger partial charge in [0.05, 0.1) is 0 Å². The van der Waals surface area contributed by atoms with Crippen molar-refractivity contribution in [1.29, 1.82) is 0 Å². The van der Waals surface area contributed by atoms with Gasteiger partial charge >= 0.3 is 6.03 Å². The van der Waals surface area contributed by atoms with Gasteiger partial charge in [0.25, 0.3) is 0 Å². The lowest BCUT2D eigenvalue weighted by atomic mass is 10.1. The van der Waals surface area contributed by atoms with E-state index in [0.717, 1.165) is 5.56 Å². The van der Waals surface area contributed by atoms with Gasteiger partial charge in [-0.05, 0) is 29.8 Å². The molecule has 0 saturated heterocycles. The molecule has 0 radical (unpaired) electrons. The first kappa shape index (κ1) is 16.0. The number of para-hydroxylation sites is 1. The Morgan fingerprint density at radius 2 is 1.81 bits per heavy atom. The van der Waals surface area contributed by atoms with Crippen molar-refractivity contribution in [2.24, 2.45) is 0 Å². The van der Waals surface area contributed by atoms with Crippen LogP contribution in [0, 0.1) is 0 Å². The van der Waals surface area contributed by atoms with E-state index in [1.165, 1.54) is 11.3 Å². The molecule has 9 heteroatoms. The van der Waals surface area contributed by atoms with Crippen LogP contribution in [0.1, 0.15) is 11.4 Å². The van der Waals surface area contributed by atoms with Gasteiger partial charge in [-0.3, -0.25) is 5.32 Å². The van der Waals surface area contributed by atoms with Gasteiger partial charge in [-0.15, -0.1) is 15.3 Å². The van der Waals surface area contributed by atoms with Crippen molar-refractivity contribution in [3.05, 3.63) is 66.0 Å². The fourth-order valence-electron chi connectivity index (χ4n) is 2.40. The van der Waals surface area contributed by atoms with Crippen molar-refractivity contribution in [3.8, 4) is 5.75 Å². The average Bonchev–Trinajstić information content (AvgIpc) is 3.19. The first-order valence-corrected chi connectivity index (χ1v) is 8.61. The number of aromatic nitrogens is 4. The number of anilines is 2. The number of carbonyl (C=O) groups is 1. The van der Waals surface area contributed by atoms with Crippen molar-refractivity contribution in [1.82, 2.24) is 19.8 Å². The summed E-state index contributed by atoms with van der Waals surface area (Å²) in [6, 6.07) is 15.7. The molecule has 2 aromatic carbocycles. The molecule has 0 saturated carbocycles. The summed E-state index contributed by atoms with van der Waals surface area (Å²) in [5.41, 5.74) is 1.67. The van der Waals surface area contributed by atoms with E-state index in [-0.39, 0.29) is 11.8 Å². The van der Waals surface area contributed by atoms with Crippen LogP contribution in [0.4, 0.5) is 15.6 Å². The molecule has 2 amide bonds. The predicted molar refractivity (Wildman–Crippen MR) is 98.7 cm³/mol. The lowest BCUT2D eigenvalue weighted by molar-refractivity contribution is 0.262. The summed E-state index contributed by atoms with van der Waals surface area (Å²) < 4.78 is 1.61. The number of carbonyl (C=O) groups excluding carboxylic acids is 1. The third kappa shape index (κ3) is 3.47. The molecule has 8 nitrogen and oxygen atoms in total. The Morgan fingerprint density at radius 3 is 2.58 bits per heavy atom. The topological polar surface area (TPSA) is 104 Å². The van der Waals surface area contributed by atoms with Crippen LogP contribution in [0.15, 0.2) is 54.6 Å². The molecular weight excluding hydrogens is 352 g/mol. The Morgan fingerprint density at radius 1 is 1.04 bits per heavy atom. The zero-order valence-electron chi connectivity index (χ0n) is 13.5. The van der Waals surface area contributed by atoms with Crippen LogP contribution < -0.4 is 10.6 Å². The van der Waals surface area contributed by atoms with Crippen LogP contribution in [0.5, 0.6) is 5.75 Å². The van der Waals surface area contributed by atoms with E-state index < -0.39 is 0 Å². The van der Waals surface area contributed by atoms with Crippen molar-refractivity contribution in [2.75, 3.05) is 10.6 Å². The van der Waals surface area contributed by atoms with Gasteiger partial charge in [0.15, 0.2) is 5.82 Å². The molecule has 0 aliphatic carbocycles. The van der Waals surface area contributed by atoms with Crippen LogP contribution in [0.2, 0.25) is 0 Å². The number of nitrogens with zero attached hydrogens (tertiary/aromatic N) is 4. The zero-order valence-corrected chi connectivity index (χ0v) is 14.3. The monoisotopic (exact) mass is 366 g/mol. The lowest BCUT2D eigenvalue weighted by Gasteiger charge is -2.04. The number of aromatic hydroxyl groups is 1. The summed E-state index contributed by atoms with van der Waals surface area (Å²) >= 11 is 1.24. The summed E-state index contributed by atoms with van der Waals surface area (Å²) in [6.07, 6.45) is 0.515. The first-order chi connectivity index (χ1) is 12.7. The predicted octanol–water partition coefficient (Wildman–Crippen LogP) is 3.13. The second kappa shape index (κ2) is 6.81. The van der Waals surface area contributed by atoms with E-state index in [9.17, 15) is 9.90 Å². The number of benzene rings is 2. The van der Waals surface area contributed by atoms with Crippen molar-refractivity contribution in [3.63, 3.8) is 0 Å². The molecule has 4 rings (SSSR count). The van der Waals surface area contributed by atoms with Crippen LogP contribution >= 0.6 is 11.3 Å². The third-order valence-electron chi connectivity index (χ3n) is 3.61. The molecule has 4 aromatic rings. The number of phenolic OH excluding ortho intramolecular Hbond substituents is 1. The Balaban J connectivity index is 1.48. The molecule has 130 valence electrons. The fourth-order valence-corrected chi connectivity index (χ4v) is 3.15. The van der Waals surface area contributed by atoms with Crippen LogP contribution in [-0.2, 0) is 6.42 Å². The van der Waals surface area contributed by atoms with Crippen molar-refractivity contribution < 1.29 is 9.90 Å². The Bertz CT molecular complexity index is 1040. The highest BCUT2D eigenvalue weighted by molar-refractivity contribution is 7.20. The highest BCUT2D eigenvalue weighted by Crippen LogP contribution is 2.21. The molecular formula is C17H14N6O2S. The van der Waals surface area contributed by atoms with Crippen molar-refractivity contribution >= 4 is 33.1 Å². The maximum absolute atomic E-state index is 12.1. The Hall–Kier alpha value is -3.46. The summed E-state index contributed by atoms with van der Waals surface area (Å²) in [5, 5.41) is 27.8. The maximum atomic E-state index is 12.1. The third-order valence-corrected chi connectivity index (χ3v) is 4.42. The molecule has 2 aromatic heterocycles. The van der Waals surface area contributed by atoms with E-state index in [4.69, 9.17) is 0 Å². The average molecular weight is 366 g/mol. The number of nitrogens with one attached hydrogen (secondary N) is 2. The summed E-state index contributed by atoms with van der Waals surface area (Å²) in [7, 11) is 0. The van der Waals surface area contributed by atoms with E-state index in [1.54, 1.807) is 28.8 Å². The highest BCUT2D eigenvalue weighted by Gasteiger charge is 2.14. The summed E-state index contributed by atoms with van der Waals surface area (Å²) in [4.78, 5) is 12.7. The number of urea groups is 1. The smallest absolute Gasteiger partial charge is 0.325 e. The standard InChI is InChI=1S/C17H14N6O2S/c24-13-8-6-11(7-9-13)10-14-20-21-17-23(14)22-16(26-17)19-15(25)18-12-4-2-1-3-5-12/h1-9,24H,10H2,(H2,18,19,22,25). The molecule has 0 aliphatic rings. The molecule has 26 heavy (non-hydrogen) atoms. The van der Waals surface area contributed by atoms with Gasteiger partial charge in [-0.25, -0.2) is 4.79 Å². The van der Waals surface area contributed by atoms with Crippen LogP contribution in [0.3, 0.4) is 0 Å². The fraction of sp³-hybridized carbons (Fsp3) is 0.0588. The summed E-state index contributed by atoms with van der Waals surface area (Å²) in [5.74, 6) is 0.864. The normalized spacial score (nSPS) is 10.8. The number of phenols is 1. The zero-order chi connectivity index (χ0) is 17.9. The molecule has 0 fully saturated rings. The van der Waals surface area contributed by atoms with Gasteiger partial charge in [0.1, 0.15) is 5.75 Å². The molecule has 0 atom stereocenters. The van der Waals surface area contributed by atoms with E-state index in [1.807, 2.05) is 30.3 Å². The largest absolute Gasteiger partial charge is 0.508 e. The number of hydrogen-bond donors (Lipinski definition) is 3. The van der Waals surface area contributed by atoms with Gasteiger partial charge in [-0.1, -0.05) is 41.7 Å². The van der Waals surface area contributed by atoms with E-state index >= 15 is 0 Å². The minimum atomic E-state index is -0.374. The highest BCUT2D eigenvalue weighted by atomic mass is 32.1. The molecule has 2 heterocycles. The van der Waals surface area contributed by atoms with Crippen LogP contribution in [0.25, 0.3) is 4.96 Å². The molecule has 0 spiro atoms. The quantitative estimate of drug-likeness (QED) is 0.515. The lowest BCUT2D eigenvalue weighted by Crippen LogP contribution is -2.19. The molecule has 0 aliphatic heterocycles. The molecule has 0 unspecified atom stereocenters. The number of rotatable bonds is 4. The number of amides is 2. The Kier molecular flexibility index (Phi) is 4.20. The first-order valence-electron chi connectivity index (χ1n) is 7.79. The van der Waals surface area contributed by atoms with Gasteiger partial charge in [0, 0.05) is 12.1 Å². The van der Waals surface area contributed by atoms with Gasteiger partial charge < -0.3 is 10.4 Å². The minimum Gasteiger partial charge on any atom is -0.508 e. The van der Waals surface area contributed by atoms with Crippen molar-refractivity contribution in [2.45, 2.75) is 6.42 Å². The van der Waals surface area contributed by atoms with Gasteiger partial charge in [-0.2, -0.15) is 4.52 Å². The van der Waals surface area contributed by atoms with Crippen LogP contribution in [-0.4, -0.2) is 30.9 Å². The van der Waals surface area contributed by atoms with Gasteiger partial charge in [0.2, 0.25) is 10.1 Å². The molecule has 3 N–H and O–H groups in total. The summed E-state index contributed by atoms with van der Waals surface area (Å²) in [6.45, 7) is 0. The number of hydrogen-bond acceptors (Lipinski definition) is 6. The SMILES string of the molecule is O=C(Nc1ccccc1)Nc1nn2c(Cc3ccc(O)cc3)nnc2s1. The second-order valence-corrected chi connectivity index (χ2v) is 6.46. The van der Waals surface area contributed by atoms with E-state index in [2.05, 4.69) is 25.9 Å². The second-order valence-electron chi connectivity index (χ2n) is 5.51. The van der Waals surface area contributed by atoms with E-state index in [0.29, 0.717) is 28.0 Å². The molecule has 0 bridgehead atoms. The maximum Gasteiger partial charge on any atom is 0.325 e. The Labute approximate surface area is 152 Å².